The molecule has 1 saturated heterocycles. The molecule has 1 fully saturated rings. The number of aryl methyl sites for hydroxylation is 1. The normalized spacial score (nSPS) is 22.7. The van der Waals surface area contributed by atoms with E-state index in [1.807, 2.05) is 6.07 Å². The van der Waals surface area contributed by atoms with Gasteiger partial charge in [-0.1, -0.05) is 23.4 Å². The molecule has 3 heterocycles. The van der Waals surface area contributed by atoms with Gasteiger partial charge in [0.1, 0.15) is 17.9 Å². The van der Waals surface area contributed by atoms with Crippen molar-refractivity contribution in [1.82, 2.24) is 19.9 Å². The summed E-state index contributed by atoms with van der Waals surface area (Å²) >= 11 is 0. The van der Waals surface area contributed by atoms with Crippen LogP contribution >= 0.6 is 0 Å². The van der Waals surface area contributed by atoms with Gasteiger partial charge in [-0.3, -0.25) is 9.69 Å². The number of carbonyl (C=O) groups is 1. The summed E-state index contributed by atoms with van der Waals surface area (Å²) < 4.78 is 7.74. The van der Waals surface area contributed by atoms with Gasteiger partial charge in [0.05, 0.1) is 5.69 Å². The average molecular weight is 342 g/mol. The maximum atomic E-state index is 10.7. The van der Waals surface area contributed by atoms with Gasteiger partial charge in [0.25, 0.3) is 0 Å². The summed E-state index contributed by atoms with van der Waals surface area (Å²) in [6.07, 6.45) is 5.68. The van der Waals surface area contributed by atoms with Crippen molar-refractivity contribution in [3.8, 4) is 5.75 Å². The molecule has 0 saturated carbocycles. The summed E-state index contributed by atoms with van der Waals surface area (Å²) in [6, 6.07) is 8.32. The molecule has 7 heteroatoms. The molecular formula is C18H22N4O3. The van der Waals surface area contributed by atoms with Crippen molar-refractivity contribution in [2.24, 2.45) is 0 Å². The summed E-state index contributed by atoms with van der Waals surface area (Å²) in [6.45, 7) is 2.70. The van der Waals surface area contributed by atoms with Gasteiger partial charge in [-0.15, -0.1) is 5.10 Å². The van der Waals surface area contributed by atoms with Crippen LogP contribution in [0.25, 0.3) is 0 Å². The van der Waals surface area contributed by atoms with E-state index >= 15 is 0 Å². The molecule has 2 aliphatic heterocycles. The molecule has 0 bridgehead atoms. The molecule has 0 amide bonds. The first-order chi connectivity index (χ1) is 12.1. The highest BCUT2D eigenvalue weighted by Gasteiger charge is 2.42. The summed E-state index contributed by atoms with van der Waals surface area (Å²) in [5.41, 5.74) is 2.08. The van der Waals surface area contributed by atoms with Crippen LogP contribution in [-0.4, -0.2) is 56.2 Å². The highest BCUT2D eigenvalue weighted by atomic mass is 16.5. The molecule has 25 heavy (non-hydrogen) atoms. The van der Waals surface area contributed by atoms with E-state index in [0.717, 1.165) is 56.8 Å². The summed E-state index contributed by atoms with van der Waals surface area (Å²) in [5, 5.41) is 16.7. The fourth-order valence-electron chi connectivity index (χ4n) is 3.80. The molecule has 1 spiro atoms. The Hall–Kier alpha value is -2.41. The van der Waals surface area contributed by atoms with E-state index in [9.17, 15) is 4.79 Å². The second kappa shape index (κ2) is 6.48. The van der Waals surface area contributed by atoms with E-state index in [0.29, 0.717) is 0 Å². The van der Waals surface area contributed by atoms with Gasteiger partial charge in [-0.2, -0.15) is 0 Å². The number of hydrogen-bond donors (Lipinski definition) is 1. The summed E-state index contributed by atoms with van der Waals surface area (Å²) in [5.74, 6) is 0.125. The number of rotatable bonds is 5. The zero-order valence-corrected chi connectivity index (χ0v) is 14.1. The van der Waals surface area contributed by atoms with Crippen molar-refractivity contribution in [3.63, 3.8) is 0 Å². The first-order valence-corrected chi connectivity index (χ1v) is 8.72. The Morgan fingerprint density at radius 2 is 2.20 bits per heavy atom. The molecule has 2 aliphatic rings. The maximum Gasteiger partial charge on any atom is 0.325 e. The Balaban J connectivity index is 1.33. The smallest absolute Gasteiger partial charge is 0.325 e. The van der Waals surface area contributed by atoms with E-state index in [-0.39, 0.29) is 12.1 Å². The molecule has 1 atom stereocenters. The second-order valence-corrected chi connectivity index (χ2v) is 6.97. The number of ether oxygens (including phenoxy) is 1. The second-order valence-electron chi connectivity index (χ2n) is 6.97. The number of likely N-dealkylation sites (tertiary alicyclic amines) is 1. The van der Waals surface area contributed by atoms with Crippen molar-refractivity contribution < 1.29 is 14.6 Å². The number of aliphatic carboxylic acids is 1. The quantitative estimate of drug-likeness (QED) is 0.884. The zero-order chi connectivity index (χ0) is 17.3. The van der Waals surface area contributed by atoms with Crippen molar-refractivity contribution >= 4 is 5.97 Å². The molecule has 1 aromatic carbocycles. The zero-order valence-electron chi connectivity index (χ0n) is 14.1. The molecule has 1 unspecified atom stereocenters. The van der Waals surface area contributed by atoms with Crippen LogP contribution < -0.4 is 4.74 Å². The molecule has 132 valence electrons. The van der Waals surface area contributed by atoms with Gasteiger partial charge < -0.3 is 9.84 Å². The third kappa shape index (κ3) is 3.51. The van der Waals surface area contributed by atoms with Crippen LogP contribution in [0.1, 0.15) is 24.1 Å². The lowest BCUT2D eigenvalue weighted by Crippen LogP contribution is -2.42. The minimum Gasteiger partial charge on any atom is -0.486 e. The fraction of sp³-hybridized carbons (Fsp3) is 0.500. The van der Waals surface area contributed by atoms with Crippen LogP contribution in [0.3, 0.4) is 0 Å². The Morgan fingerprint density at radius 3 is 3.08 bits per heavy atom. The Kier molecular flexibility index (Phi) is 4.17. The predicted molar refractivity (Wildman–Crippen MR) is 90.5 cm³/mol. The van der Waals surface area contributed by atoms with Gasteiger partial charge >= 0.3 is 5.97 Å². The average Bonchev–Trinajstić information content (AvgIpc) is 3.20. The minimum atomic E-state index is -0.910. The van der Waals surface area contributed by atoms with Gasteiger partial charge in [0.2, 0.25) is 0 Å². The molecule has 0 aliphatic carbocycles. The van der Waals surface area contributed by atoms with E-state index in [4.69, 9.17) is 9.84 Å². The molecule has 7 nitrogen and oxygen atoms in total. The molecular weight excluding hydrogens is 320 g/mol. The van der Waals surface area contributed by atoms with Gasteiger partial charge in [0, 0.05) is 38.7 Å². The third-order valence-corrected chi connectivity index (χ3v) is 5.11. The number of fused-ring (bicyclic) bond motifs is 1. The highest BCUT2D eigenvalue weighted by molar-refractivity contribution is 5.66. The largest absolute Gasteiger partial charge is 0.486 e. The number of carboxylic acid groups (broad SMARTS) is 1. The van der Waals surface area contributed by atoms with E-state index < -0.39 is 5.97 Å². The topological polar surface area (TPSA) is 80.5 Å². The summed E-state index contributed by atoms with van der Waals surface area (Å²) in [4.78, 5) is 13.1. The maximum absolute atomic E-state index is 10.7. The molecule has 4 rings (SSSR count). The Bertz CT molecular complexity index is 775. The summed E-state index contributed by atoms with van der Waals surface area (Å²) in [7, 11) is 0. The lowest BCUT2D eigenvalue weighted by atomic mass is 9.90. The molecule has 2 aromatic rings. The van der Waals surface area contributed by atoms with Crippen LogP contribution in [0.5, 0.6) is 5.75 Å². The first-order valence-electron chi connectivity index (χ1n) is 8.72. The standard InChI is InChI=1S/C18H22N4O3/c23-17(24)12-22-11-15(19-20-22)6-9-21-10-8-18(13-21)7-5-14-3-1-2-4-16(14)25-18/h1-4,11H,5-10,12-13H2,(H,23,24). The van der Waals surface area contributed by atoms with Crippen LogP contribution in [0.4, 0.5) is 0 Å². The van der Waals surface area contributed by atoms with Crippen LogP contribution in [0.15, 0.2) is 30.5 Å². The molecule has 0 radical (unpaired) electrons. The minimum absolute atomic E-state index is 0.0602. The van der Waals surface area contributed by atoms with Crippen molar-refractivity contribution in [3.05, 3.63) is 41.7 Å². The number of carboxylic acids is 1. The third-order valence-electron chi connectivity index (χ3n) is 5.11. The lowest BCUT2D eigenvalue weighted by molar-refractivity contribution is -0.137. The van der Waals surface area contributed by atoms with Crippen LogP contribution in [0, 0.1) is 0 Å². The predicted octanol–water partition coefficient (Wildman–Crippen LogP) is 1.37. The van der Waals surface area contributed by atoms with Crippen LogP contribution in [-0.2, 0) is 24.2 Å². The van der Waals surface area contributed by atoms with E-state index in [1.165, 1.54) is 10.2 Å². The first kappa shape index (κ1) is 16.1. The van der Waals surface area contributed by atoms with Gasteiger partial charge in [0.15, 0.2) is 0 Å². The lowest BCUT2D eigenvalue weighted by Gasteiger charge is -2.35. The number of benzene rings is 1. The van der Waals surface area contributed by atoms with E-state index in [2.05, 4.69) is 33.4 Å². The van der Waals surface area contributed by atoms with Crippen molar-refractivity contribution in [2.75, 3.05) is 19.6 Å². The van der Waals surface area contributed by atoms with Crippen molar-refractivity contribution in [2.45, 2.75) is 37.8 Å². The van der Waals surface area contributed by atoms with Gasteiger partial charge in [-0.25, -0.2) is 4.68 Å². The van der Waals surface area contributed by atoms with Gasteiger partial charge in [-0.05, 0) is 24.5 Å². The van der Waals surface area contributed by atoms with E-state index in [1.54, 1.807) is 6.20 Å². The fourth-order valence-corrected chi connectivity index (χ4v) is 3.80. The number of hydrogen-bond acceptors (Lipinski definition) is 5. The van der Waals surface area contributed by atoms with Crippen molar-refractivity contribution in [1.29, 1.82) is 0 Å². The number of nitrogens with zero attached hydrogens (tertiary/aromatic N) is 4. The Morgan fingerprint density at radius 1 is 1.32 bits per heavy atom. The monoisotopic (exact) mass is 342 g/mol. The highest BCUT2D eigenvalue weighted by Crippen LogP contribution is 2.38. The van der Waals surface area contributed by atoms with Crippen LogP contribution in [0.2, 0.25) is 0 Å². The molecule has 1 aromatic heterocycles. The molecule has 1 N–H and O–H groups in total. The number of para-hydroxylation sites is 1. The Labute approximate surface area is 146 Å². The SMILES string of the molecule is O=C(O)Cn1cc(CCN2CCC3(CCc4ccccc4O3)C2)nn1. The number of aromatic nitrogens is 3.